The predicted octanol–water partition coefficient (Wildman–Crippen LogP) is 0.0168. The lowest BCUT2D eigenvalue weighted by Gasteiger charge is -2.04. The van der Waals surface area contributed by atoms with Gasteiger partial charge in [0.2, 0.25) is 5.84 Å². The molecule has 0 aliphatic carbocycles. The van der Waals surface area contributed by atoms with Gasteiger partial charge >= 0.3 is 0 Å². The quantitative estimate of drug-likeness (QED) is 0.242. The molecule has 1 aromatic rings. The highest BCUT2D eigenvalue weighted by molar-refractivity contribution is 5.99. The molecule has 0 fully saturated rings. The van der Waals surface area contributed by atoms with Gasteiger partial charge in [-0.05, 0) is 5.18 Å². The topological polar surface area (TPSA) is 111 Å². The number of anilines is 1. The van der Waals surface area contributed by atoms with E-state index in [4.69, 9.17) is 11.1 Å². The summed E-state index contributed by atoms with van der Waals surface area (Å²) in [6.45, 7) is 0. The van der Waals surface area contributed by atoms with Gasteiger partial charge in [-0.1, -0.05) is 0 Å². The molecule has 5 N–H and O–H groups in total. The van der Waals surface area contributed by atoms with Crippen LogP contribution in [0.15, 0.2) is 5.18 Å². The van der Waals surface area contributed by atoms with Gasteiger partial charge in [-0.2, -0.15) is 0 Å². The third-order valence-corrected chi connectivity index (χ3v) is 0.920. The number of nitrogens with zero attached hydrogens (tertiary/aromatic N) is 1. The van der Waals surface area contributed by atoms with Crippen LogP contribution >= 0.6 is 0 Å². The third-order valence-electron chi connectivity index (χ3n) is 0.920. The average molecular weight is 127 g/mol. The average Bonchev–Trinajstić information content (AvgIpc) is 1.84. The summed E-state index contributed by atoms with van der Waals surface area (Å²) < 4.78 is 0. The van der Waals surface area contributed by atoms with Gasteiger partial charge in [0.15, 0.2) is 0 Å². The maximum absolute atomic E-state index is 9.65. The second-order valence-corrected chi connectivity index (χ2v) is 1.48. The summed E-state index contributed by atoms with van der Waals surface area (Å²) in [6.07, 6.45) is 0. The van der Waals surface area contributed by atoms with Crippen molar-refractivity contribution in [1.29, 1.82) is 5.41 Å². The van der Waals surface area contributed by atoms with Crippen molar-refractivity contribution < 1.29 is 0 Å². The molecular weight excluding hydrogens is 122 g/mol. The number of amidine groups is 1. The van der Waals surface area contributed by atoms with Gasteiger partial charge in [0, 0.05) is 0 Å². The van der Waals surface area contributed by atoms with Crippen LogP contribution in [0.4, 0.5) is 5.82 Å². The molecule has 48 valence electrons. The van der Waals surface area contributed by atoms with E-state index in [2.05, 4.69) is 15.4 Å². The second kappa shape index (κ2) is 1.73. The van der Waals surface area contributed by atoms with Gasteiger partial charge in [0.1, 0.15) is 11.5 Å². The number of aromatic nitrogens is 2. The normalized spacial score (nSPS) is 9.33. The summed E-state index contributed by atoms with van der Waals surface area (Å²) >= 11 is 0. The Labute approximate surface area is 49.9 Å². The minimum absolute atomic E-state index is 0.255. The minimum atomic E-state index is -0.383. The van der Waals surface area contributed by atoms with Crippen LogP contribution in [0.5, 0.6) is 0 Å². The van der Waals surface area contributed by atoms with Crippen LogP contribution in [-0.4, -0.2) is 16.0 Å². The molecule has 0 radical (unpaired) electrons. The number of hydrogen-bond acceptors (Lipinski definition) is 3. The smallest absolute Gasteiger partial charge is 0.218 e. The van der Waals surface area contributed by atoms with E-state index in [0.29, 0.717) is 0 Å². The lowest BCUT2D eigenvalue weighted by molar-refractivity contribution is 0.955. The summed E-state index contributed by atoms with van der Waals surface area (Å²) in [4.78, 5) is 9.65. The Morgan fingerprint density at radius 3 is 2.44 bits per heavy atom. The molecule has 1 aromatic heterocycles. The Bertz CT molecular complexity index is 233. The number of rotatable bonds is 1. The fourth-order valence-electron chi connectivity index (χ4n) is 0.430. The first-order valence-corrected chi connectivity index (χ1v) is 2.19. The summed E-state index contributed by atoms with van der Waals surface area (Å²) in [5.41, 5.74) is 5.42. The lowest BCUT2D eigenvalue weighted by atomic mass is 10.4. The summed E-state index contributed by atoms with van der Waals surface area (Å²) in [5, 5.41) is 14.0. The van der Waals surface area contributed by atoms with Crippen LogP contribution in [0.25, 0.3) is 0 Å². The largest absolute Gasteiger partial charge is 0.382 e. The molecule has 0 bridgehead atoms. The molecular formula is C3H5N5O. The molecule has 1 rings (SSSR count). The molecule has 6 nitrogen and oxygen atoms in total. The number of hydrogen-bond donors (Lipinski definition) is 4. The van der Waals surface area contributed by atoms with Crippen molar-refractivity contribution in [1.82, 2.24) is 10.2 Å². The molecule has 0 saturated heterocycles. The zero-order valence-electron chi connectivity index (χ0n) is 4.43. The molecule has 0 unspecified atom stereocenters. The molecule has 0 atom stereocenters. The molecule has 0 aromatic carbocycles. The van der Waals surface area contributed by atoms with E-state index < -0.39 is 0 Å². The van der Waals surface area contributed by atoms with Crippen molar-refractivity contribution in [2.24, 2.45) is 5.18 Å². The van der Waals surface area contributed by atoms with E-state index in [0.717, 1.165) is 0 Å². The summed E-state index contributed by atoms with van der Waals surface area (Å²) in [5.74, 6) is -0.106. The maximum atomic E-state index is 9.65. The number of H-pyrrole nitrogens is 2. The summed E-state index contributed by atoms with van der Waals surface area (Å²) in [7, 11) is 0. The SMILES string of the molecule is N=C(N=O)c1[nH][nH]c1N. The Morgan fingerprint density at radius 1 is 1.67 bits per heavy atom. The molecule has 0 aliphatic heterocycles. The number of aromatic amines is 2. The second-order valence-electron chi connectivity index (χ2n) is 1.48. The number of nitrogens with two attached hydrogens (primary N) is 1. The van der Waals surface area contributed by atoms with E-state index in [1.165, 1.54) is 0 Å². The minimum Gasteiger partial charge on any atom is -0.382 e. The number of nitroso groups, excluding NO2 is 1. The van der Waals surface area contributed by atoms with Crippen molar-refractivity contribution in [2.45, 2.75) is 0 Å². The highest BCUT2D eigenvalue weighted by Gasteiger charge is 2.08. The van der Waals surface area contributed by atoms with Crippen molar-refractivity contribution in [2.75, 3.05) is 5.73 Å². The van der Waals surface area contributed by atoms with Crippen LogP contribution in [-0.2, 0) is 0 Å². The molecule has 1 heterocycles. The first kappa shape index (κ1) is 5.54. The van der Waals surface area contributed by atoms with Crippen LogP contribution in [0.2, 0.25) is 0 Å². The van der Waals surface area contributed by atoms with Crippen LogP contribution in [0.3, 0.4) is 0 Å². The lowest BCUT2D eigenvalue weighted by Crippen LogP contribution is -2.11. The van der Waals surface area contributed by atoms with Crippen molar-refractivity contribution in [3.05, 3.63) is 10.6 Å². The Kier molecular flexibility index (Phi) is 1.07. The highest BCUT2D eigenvalue weighted by atomic mass is 16.3. The van der Waals surface area contributed by atoms with E-state index in [9.17, 15) is 4.91 Å². The first-order chi connectivity index (χ1) is 4.25. The number of nitrogen functional groups attached to an aromatic ring is 1. The predicted molar refractivity (Wildman–Crippen MR) is 32.2 cm³/mol. The van der Waals surface area contributed by atoms with Gasteiger partial charge in [-0.25, -0.2) is 0 Å². The van der Waals surface area contributed by atoms with Crippen LogP contribution < -0.4 is 5.73 Å². The van der Waals surface area contributed by atoms with E-state index in [-0.39, 0.29) is 17.3 Å². The fourth-order valence-corrected chi connectivity index (χ4v) is 0.430. The third kappa shape index (κ3) is 0.693. The van der Waals surface area contributed by atoms with Gasteiger partial charge < -0.3 is 5.73 Å². The monoisotopic (exact) mass is 127 g/mol. The van der Waals surface area contributed by atoms with Crippen molar-refractivity contribution in [3.8, 4) is 0 Å². The molecule has 0 saturated carbocycles. The summed E-state index contributed by atoms with van der Waals surface area (Å²) in [6, 6.07) is 0. The van der Waals surface area contributed by atoms with E-state index in [1.54, 1.807) is 0 Å². The maximum Gasteiger partial charge on any atom is 0.218 e. The number of nitrogens with one attached hydrogen (secondary N) is 3. The van der Waals surface area contributed by atoms with Crippen molar-refractivity contribution in [3.63, 3.8) is 0 Å². The highest BCUT2D eigenvalue weighted by Crippen LogP contribution is 2.05. The Hall–Kier alpha value is -1.59. The van der Waals surface area contributed by atoms with Gasteiger partial charge in [0.25, 0.3) is 0 Å². The molecule has 0 amide bonds. The van der Waals surface area contributed by atoms with E-state index >= 15 is 0 Å². The fraction of sp³-hybridized carbons (Fsp3) is 0. The Balaban J connectivity index is 2.83. The molecule has 9 heavy (non-hydrogen) atoms. The molecule has 6 heteroatoms. The molecule has 0 spiro atoms. The van der Waals surface area contributed by atoms with E-state index in [1.807, 2.05) is 0 Å². The van der Waals surface area contributed by atoms with Crippen molar-refractivity contribution >= 4 is 11.7 Å². The molecule has 0 aliphatic rings. The zero-order chi connectivity index (χ0) is 6.85. The van der Waals surface area contributed by atoms with Gasteiger partial charge in [-0.3, -0.25) is 15.6 Å². The zero-order valence-corrected chi connectivity index (χ0v) is 4.43. The van der Waals surface area contributed by atoms with Gasteiger partial charge in [0.05, 0.1) is 0 Å². The van der Waals surface area contributed by atoms with Crippen LogP contribution in [0, 0.1) is 10.3 Å². The van der Waals surface area contributed by atoms with Gasteiger partial charge in [-0.15, -0.1) is 4.91 Å². The Morgan fingerprint density at radius 2 is 2.33 bits per heavy atom. The van der Waals surface area contributed by atoms with Crippen LogP contribution in [0.1, 0.15) is 5.69 Å². The standard InChI is InChI=1S/C3H5N5O/c4-2-1(6-7-2)3(5)8-9/h5-7H,4H2. The first-order valence-electron chi connectivity index (χ1n) is 2.19.